The van der Waals surface area contributed by atoms with Gasteiger partial charge in [0.15, 0.2) is 0 Å². The molecule has 0 amide bonds. The first-order chi connectivity index (χ1) is 4.22. The Morgan fingerprint density at radius 1 is 1.22 bits per heavy atom. The molecule has 0 saturated heterocycles. The van der Waals surface area contributed by atoms with Gasteiger partial charge < -0.3 is 0 Å². The zero-order valence-electron chi connectivity index (χ0n) is 5.61. The van der Waals surface area contributed by atoms with Gasteiger partial charge in [0.1, 0.15) is 0 Å². The van der Waals surface area contributed by atoms with E-state index in [1.807, 2.05) is 0 Å². The Balaban J connectivity index is 2.41. The largest absolute Gasteiger partial charge is 0.0878 e. The standard InChI is InChI=1S/C7H12Br2/c1-5-3-2-4-6(8)7(5)9/h5-7H,2-4H2,1H3/t5-,6-,7-/m1/s1. The lowest BCUT2D eigenvalue weighted by Gasteiger charge is -2.28. The Kier molecular flexibility index (Phi) is 3.03. The van der Waals surface area contributed by atoms with Crippen LogP contribution in [-0.4, -0.2) is 9.65 Å². The van der Waals surface area contributed by atoms with Crippen LogP contribution in [0.1, 0.15) is 26.2 Å². The molecule has 1 rings (SSSR count). The smallest absolute Gasteiger partial charge is 0.0296 e. The summed E-state index contributed by atoms with van der Waals surface area (Å²) in [4.78, 5) is 1.41. The van der Waals surface area contributed by atoms with Crippen LogP contribution >= 0.6 is 31.9 Å². The molecule has 0 spiro atoms. The van der Waals surface area contributed by atoms with Crippen molar-refractivity contribution in [3.63, 3.8) is 0 Å². The molecular weight excluding hydrogens is 244 g/mol. The lowest BCUT2D eigenvalue weighted by molar-refractivity contribution is 0.415. The fourth-order valence-electron chi connectivity index (χ4n) is 1.31. The molecule has 1 saturated carbocycles. The molecular formula is C7H12Br2. The molecule has 0 N–H and O–H groups in total. The molecule has 0 aliphatic heterocycles. The van der Waals surface area contributed by atoms with Crippen LogP contribution in [-0.2, 0) is 0 Å². The second-order valence-electron chi connectivity index (χ2n) is 2.87. The van der Waals surface area contributed by atoms with Gasteiger partial charge in [-0.2, -0.15) is 0 Å². The molecule has 1 aliphatic carbocycles. The summed E-state index contributed by atoms with van der Waals surface area (Å²) in [7, 11) is 0. The Morgan fingerprint density at radius 2 is 1.89 bits per heavy atom. The lowest BCUT2D eigenvalue weighted by Crippen LogP contribution is -2.26. The fraction of sp³-hybridized carbons (Fsp3) is 1.00. The molecule has 0 unspecified atom stereocenters. The normalized spacial score (nSPS) is 45.0. The molecule has 9 heavy (non-hydrogen) atoms. The first-order valence-corrected chi connectivity index (χ1v) is 5.33. The second kappa shape index (κ2) is 3.38. The van der Waals surface area contributed by atoms with Gasteiger partial charge >= 0.3 is 0 Å². The van der Waals surface area contributed by atoms with Crippen molar-refractivity contribution in [2.75, 3.05) is 0 Å². The van der Waals surface area contributed by atoms with Gasteiger partial charge in [0, 0.05) is 9.65 Å². The van der Waals surface area contributed by atoms with Gasteiger partial charge in [-0.25, -0.2) is 0 Å². The summed E-state index contributed by atoms with van der Waals surface area (Å²) in [6, 6.07) is 0. The van der Waals surface area contributed by atoms with Crippen LogP contribution in [0, 0.1) is 5.92 Å². The van der Waals surface area contributed by atoms with E-state index in [4.69, 9.17) is 0 Å². The van der Waals surface area contributed by atoms with Gasteiger partial charge in [-0.1, -0.05) is 45.2 Å². The van der Waals surface area contributed by atoms with E-state index in [0.29, 0.717) is 9.65 Å². The van der Waals surface area contributed by atoms with E-state index in [0.717, 1.165) is 5.92 Å². The van der Waals surface area contributed by atoms with Crippen molar-refractivity contribution < 1.29 is 0 Å². The third kappa shape index (κ3) is 1.94. The van der Waals surface area contributed by atoms with E-state index >= 15 is 0 Å². The minimum Gasteiger partial charge on any atom is -0.0878 e. The van der Waals surface area contributed by atoms with Crippen molar-refractivity contribution in [2.45, 2.75) is 35.8 Å². The number of hydrogen-bond donors (Lipinski definition) is 0. The molecule has 2 heteroatoms. The molecule has 3 atom stereocenters. The number of hydrogen-bond acceptors (Lipinski definition) is 0. The van der Waals surface area contributed by atoms with Crippen LogP contribution in [0.5, 0.6) is 0 Å². The fourth-order valence-corrected chi connectivity index (χ4v) is 2.68. The molecule has 1 aliphatic rings. The van der Waals surface area contributed by atoms with Crippen molar-refractivity contribution in [3.05, 3.63) is 0 Å². The van der Waals surface area contributed by atoms with E-state index in [-0.39, 0.29) is 0 Å². The molecule has 0 aromatic carbocycles. The third-order valence-corrected chi connectivity index (χ3v) is 5.31. The Morgan fingerprint density at radius 3 is 2.33 bits per heavy atom. The van der Waals surface area contributed by atoms with Crippen molar-refractivity contribution in [3.8, 4) is 0 Å². The van der Waals surface area contributed by atoms with Gasteiger partial charge in [-0.15, -0.1) is 0 Å². The van der Waals surface area contributed by atoms with Gasteiger partial charge in [0.2, 0.25) is 0 Å². The molecule has 0 aromatic rings. The van der Waals surface area contributed by atoms with Crippen LogP contribution in [0.25, 0.3) is 0 Å². The number of halogens is 2. The van der Waals surface area contributed by atoms with Crippen LogP contribution in [0.3, 0.4) is 0 Å². The highest BCUT2D eigenvalue weighted by Gasteiger charge is 2.25. The zero-order chi connectivity index (χ0) is 6.85. The van der Waals surface area contributed by atoms with Crippen LogP contribution in [0.4, 0.5) is 0 Å². The highest BCUT2D eigenvalue weighted by molar-refractivity contribution is 9.12. The third-order valence-electron chi connectivity index (χ3n) is 2.03. The monoisotopic (exact) mass is 254 g/mol. The molecule has 0 radical (unpaired) electrons. The van der Waals surface area contributed by atoms with Crippen molar-refractivity contribution in [1.82, 2.24) is 0 Å². The van der Waals surface area contributed by atoms with Crippen molar-refractivity contribution in [2.24, 2.45) is 5.92 Å². The molecule has 0 nitrogen and oxygen atoms in total. The topological polar surface area (TPSA) is 0 Å². The van der Waals surface area contributed by atoms with Crippen LogP contribution in [0.2, 0.25) is 0 Å². The Hall–Kier alpha value is 0.960. The average Bonchev–Trinajstić information content (AvgIpc) is 1.83. The van der Waals surface area contributed by atoms with Gasteiger partial charge in [0.25, 0.3) is 0 Å². The summed E-state index contributed by atoms with van der Waals surface area (Å²) in [6.07, 6.45) is 4.11. The highest BCUT2D eigenvalue weighted by atomic mass is 79.9. The van der Waals surface area contributed by atoms with E-state index in [1.165, 1.54) is 19.3 Å². The predicted molar refractivity (Wildman–Crippen MR) is 48.4 cm³/mol. The van der Waals surface area contributed by atoms with Crippen molar-refractivity contribution >= 4 is 31.9 Å². The first-order valence-electron chi connectivity index (χ1n) is 3.50. The second-order valence-corrected chi connectivity index (χ2v) is 5.10. The molecule has 0 heterocycles. The summed E-state index contributed by atoms with van der Waals surface area (Å²) in [6.45, 7) is 2.31. The average molecular weight is 256 g/mol. The van der Waals surface area contributed by atoms with Crippen LogP contribution < -0.4 is 0 Å². The first kappa shape index (κ1) is 8.06. The number of alkyl halides is 2. The van der Waals surface area contributed by atoms with Gasteiger partial charge in [-0.05, 0) is 18.8 Å². The summed E-state index contributed by atoms with van der Waals surface area (Å²) in [5, 5.41) is 0. The Bertz CT molecular complexity index is 82.9. The number of rotatable bonds is 0. The summed E-state index contributed by atoms with van der Waals surface area (Å²) in [5.41, 5.74) is 0. The minimum atomic E-state index is 0.700. The van der Waals surface area contributed by atoms with Crippen molar-refractivity contribution in [1.29, 1.82) is 0 Å². The lowest BCUT2D eigenvalue weighted by atomic mass is 9.91. The summed E-state index contributed by atoms with van der Waals surface area (Å²) in [5.74, 6) is 0.850. The molecule has 54 valence electrons. The maximum atomic E-state index is 3.67. The predicted octanol–water partition coefficient (Wildman–Crippen LogP) is 3.33. The summed E-state index contributed by atoms with van der Waals surface area (Å²) < 4.78 is 0. The van der Waals surface area contributed by atoms with E-state index in [9.17, 15) is 0 Å². The maximum absolute atomic E-state index is 3.67. The minimum absolute atomic E-state index is 0.700. The highest BCUT2D eigenvalue weighted by Crippen LogP contribution is 2.33. The van der Waals surface area contributed by atoms with Crippen LogP contribution in [0.15, 0.2) is 0 Å². The quantitative estimate of drug-likeness (QED) is 0.583. The van der Waals surface area contributed by atoms with Gasteiger partial charge in [0.05, 0.1) is 0 Å². The maximum Gasteiger partial charge on any atom is 0.0296 e. The molecule has 0 aromatic heterocycles. The molecule has 1 fully saturated rings. The van der Waals surface area contributed by atoms with E-state index in [2.05, 4.69) is 38.8 Å². The summed E-state index contributed by atoms with van der Waals surface area (Å²) >= 11 is 7.32. The van der Waals surface area contributed by atoms with E-state index in [1.54, 1.807) is 0 Å². The Labute approximate surface area is 73.7 Å². The van der Waals surface area contributed by atoms with Gasteiger partial charge in [-0.3, -0.25) is 0 Å². The van der Waals surface area contributed by atoms with E-state index < -0.39 is 0 Å². The molecule has 0 bridgehead atoms. The zero-order valence-corrected chi connectivity index (χ0v) is 8.78. The SMILES string of the molecule is C[C@@H]1CCC[C@@H](Br)[C@@H]1Br.